The fourth-order valence-corrected chi connectivity index (χ4v) is 3.24. The average molecular weight is 281 g/mol. The Morgan fingerprint density at radius 1 is 1.53 bits per heavy atom. The van der Waals surface area contributed by atoms with E-state index < -0.39 is 0 Å². The van der Waals surface area contributed by atoms with Crippen molar-refractivity contribution in [3.63, 3.8) is 0 Å². The lowest BCUT2D eigenvalue weighted by atomic mass is 9.98. The molecule has 0 unspecified atom stereocenters. The van der Waals surface area contributed by atoms with Crippen LogP contribution < -0.4 is 0 Å². The molecule has 1 aliphatic rings. The lowest BCUT2D eigenvalue weighted by Gasteiger charge is -2.31. The quantitative estimate of drug-likeness (QED) is 0.800. The number of esters is 1. The zero-order valence-electron chi connectivity index (χ0n) is 11.3. The van der Waals surface area contributed by atoms with Crippen LogP contribution in [0.25, 0.3) is 0 Å². The van der Waals surface area contributed by atoms with E-state index in [0.29, 0.717) is 13.2 Å². The second-order valence-electron chi connectivity index (χ2n) is 4.78. The summed E-state index contributed by atoms with van der Waals surface area (Å²) < 4.78 is 5.05. The van der Waals surface area contributed by atoms with E-state index >= 15 is 0 Å². The van der Waals surface area contributed by atoms with Crippen molar-refractivity contribution in [3.8, 4) is 0 Å². The van der Waals surface area contributed by atoms with Crippen LogP contribution in [0.15, 0.2) is 11.4 Å². The number of amides is 1. The smallest absolute Gasteiger partial charge is 0.310 e. The van der Waals surface area contributed by atoms with Gasteiger partial charge in [0.25, 0.3) is 5.91 Å². The molecule has 5 heteroatoms. The third-order valence-corrected chi connectivity index (χ3v) is 4.39. The molecule has 0 aromatic carbocycles. The van der Waals surface area contributed by atoms with Crippen LogP contribution in [0, 0.1) is 12.8 Å². The van der Waals surface area contributed by atoms with Crippen LogP contribution in [0.4, 0.5) is 0 Å². The normalized spacial score (nSPS) is 19.3. The molecule has 104 valence electrons. The molecule has 1 fully saturated rings. The summed E-state index contributed by atoms with van der Waals surface area (Å²) in [6, 6.07) is 1.95. The van der Waals surface area contributed by atoms with E-state index in [1.54, 1.807) is 11.8 Å². The fourth-order valence-electron chi connectivity index (χ4n) is 2.35. The molecule has 0 N–H and O–H groups in total. The van der Waals surface area contributed by atoms with Gasteiger partial charge < -0.3 is 9.64 Å². The molecule has 0 spiro atoms. The number of hydrogen-bond acceptors (Lipinski definition) is 4. The molecule has 19 heavy (non-hydrogen) atoms. The number of rotatable bonds is 3. The molecule has 1 saturated heterocycles. The molecular formula is C14H19NO3S. The second kappa shape index (κ2) is 6.19. The summed E-state index contributed by atoms with van der Waals surface area (Å²) in [6.45, 7) is 5.35. The number of aryl methyl sites for hydroxylation is 1. The summed E-state index contributed by atoms with van der Waals surface area (Å²) >= 11 is 1.46. The minimum Gasteiger partial charge on any atom is -0.466 e. The third kappa shape index (κ3) is 3.15. The number of hydrogen-bond donors (Lipinski definition) is 0. The Kier molecular flexibility index (Phi) is 4.58. The van der Waals surface area contributed by atoms with E-state index in [0.717, 1.165) is 29.8 Å². The highest BCUT2D eigenvalue weighted by molar-refractivity contribution is 7.12. The highest BCUT2D eigenvalue weighted by Gasteiger charge is 2.30. The van der Waals surface area contributed by atoms with E-state index in [1.165, 1.54) is 11.3 Å². The van der Waals surface area contributed by atoms with Gasteiger partial charge in [-0.15, -0.1) is 11.3 Å². The van der Waals surface area contributed by atoms with Crippen LogP contribution in [0.5, 0.6) is 0 Å². The summed E-state index contributed by atoms with van der Waals surface area (Å²) in [4.78, 5) is 26.7. The fraction of sp³-hybridized carbons (Fsp3) is 0.571. The maximum absolute atomic E-state index is 12.4. The Labute approximate surface area is 117 Å². The lowest BCUT2D eigenvalue weighted by Crippen LogP contribution is -2.42. The first-order valence-electron chi connectivity index (χ1n) is 6.63. The predicted molar refractivity (Wildman–Crippen MR) is 74.3 cm³/mol. The van der Waals surface area contributed by atoms with Gasteiger partial charge in [0.1, 0.15) is 0 Å². The van der Waals surface area contributed by atoms with E-state index in [-0.39, 0.29) is 17.8 Å². The SMILES string of the molecule is CCOC(=O)[C@H]1CCCN(C(=O)c2sccc2C)C1. The molecule has 1 amide bonds. The van der Waals surface area contributed by atoms with E-state index in [9.17, 15) is 9.59 Å². The number of piperidine rings is 1. The molecule has 0 bridgehead atoms. The summed E-state index contributed by atoms with van der Waals surface area (Å²) in [5, 5.41) is 1.93. The number of likely N-dealkylation sites (tertiary alicyclic amines) is 1. The Morgan fingerprint density at radius 3 is 2.95 bits per heavy atom. The van der Waals surface area contributed by atoms with Gasteiger partial charge in [-0.25, -0.2) is 0 Å². The van der Waals surface area contributed by atoms with Gasteiger partial charge >= 0.3 is 5.97 Å². The molecule has 2 rings (SSSR count). The molecule has 0 aliphatic carbocycles. The van der Waals surface area contributed by atoms with Gasteiger partial charge in [-0.05, 0) is 43.7 Å². The molecule has 1 atom stereocenters. The number of nitrogens with zero attached hydrogens (tertiary/aromatic N) is 1. The van der Waals surface area contributed by atoms with Crippen molar-refractivity contribution in [1.29, 1.82) is 0 Å². The van der Waals surface area contributed by atoms with Crippen molar-refractivity contribution >= 4 is 23.2 Å². The molecule has 0 saturated carbocycles. The highest BCUT2D eigenvalue weighted by Crippen LogP contribution is 2.23. The summed E-state index contributed by atoms with van der Waals surface area (Å²) in [6.07, 6.45) is 1.67. The standard InChI is InChI=1S/C14H19NO3S/c1-3-18-14(17)11-5-4-7-15(9-11)13(16)12-10(2)6-8-19-12/h6,8,11H,3-5,7,9H2,1-2H3/t11-/m0/s1. The summed E-state index contributed by atoms with van der Waals surface area (Å²) in [7, 11) is 0. The van der Waals surface area contributed by atoms with Gasteiger partial charge in [0.15, 0.2) is 0 Å². The molecule has 0 radical (unpaired) electrons. The lowest BCUT2D eigenvalue weighted by molar-refractivity contribution is -0.149. The first-order valence-corrected chi connectivity index (χ1v) is 7.51. The maximum atomic E-state index is 12.4. The van der Waals surface area contributed by atoms with Gasteiger partial charge in [0, 0.05) is 13.1 Å². The van der Waals surface area contributed by atoms with E-state index in [4.69, 9.17) is 4.74 Å². The molecule has 2 heterocycles. The van der Waals surface area contributed by atoms with Crippen molar-refractivity contribution in [1.82, 2.24) is 4.90 Å². The van der Waals surface area contributed by atoms with Crippen molar-refractivity contribution in [2.75, 3.05) is 19.7 Å². The second-order valence-corrected chi connectivity index (χ2v) is 5.69. The van der Waals surface area contributed by atoms with Gasteiger partial charge in [-0.2, -0.15) is 0 Å². The first-order chi connectivity index (χ1) is 9.13. The molecule has 4 nitrogen and oxygen atoms in total. The van der Waals surface area contributed by atoms with E-state index in [1.807, 2.05) is 18.4 Å². The van der Waals surface area contributed by atoms with Crippen LogP contribution in [0.1, 0.15) is 35.0 Å². The van der Waals surface area contributed by atoms with Crippen LogP contribution in [-0.2, 0) is 9.53 Å². The van der Waals surface area contributed by atoms with Crippen LogP contribution >= 0.6 is 11.3 Å². The first kappa shape index (κ1) is 14.1. The van der Waals surface area contributed by atoms with Gasteiger partial charge in [0.05, 0.1) is 17.4 Å². The predicted octanol–water partition coefficient (Wildman–Crippen LogP) is 2.47. The number of carbonyl (C=O) groups excluding carboxylic acids is 2. The molecule has 1 aromatic heterocycles. The minimum atomic E-state index is -0.178. The van der Waals surface area contributed by atoms with Gasteiger partial charge in [0.2, 0.25) is 0 Å². The number of carbonyl (C=O) groups is 2. The Balaban J connectivity index is 2.03. The Bertz CT molecular complexity index is 469. The zero-order chi connectivity index (χ0) is 13.8. The summed E-state index contributed by atoms with van der Waals surface area (Å²) in [5.41, 5.74) is 1.01. The number of ether oxygens (including phenoxy) is 1. The van der Waals surface area contributed by atoms with Crippen molar-refractivity contribution in [2.45, 2.75) is 26.7 Å². The topological polar surface area (TPSA) is 46.6 Å². The largest absolute Gasteiger partial charge is 0.466 e. The molecule has 1 aromatic rings. The Hall–Kier alpha value is -1.36. The monoisotopic (exact) mass is 281 g/mol. The van der Waals surface area contributed by atoms with Gasteiger partial charge in [-0.3, -0.25) is 9.59 Å². The molecule has 1 aliphatic heterocycles. The van der Waals surface area contributed by atoms with Crippen LogP contribution in [0.3, 0.4) is 0 Å². The van der Waals surface area contributed by atoms with Crippen molar-refractivity contribution < 1.29 is 14.3 Å². The van der Waals surface area contributed by atoms with Crippen LogP contribution in [0.2, 0.25) is 0 Å². The highest BCUT2D eigenvalue weighted by atomic mass is 32.1. The average Bonchev–Trinajstić information content (AvgIpc) is 2.84. The number of thiophene rings is 1. The van der Waals surface area contributed by atoms with Crippen molar-refractivity contribution in [2.24, 2.45) is 5.92 Å². The third-order valence-electron chi connectivity index (χ3n) is 3.38. The van der Waals surface area contributed by atoms with Crippen LogP contribution in [-0.4, -0.2) is 36.5 Å². The maximum Gasteiger partial charge on any atom is 0.310 e. The van der Waals surface area contributed by atoms with Crippen molar-refractivity contribution in [3.05, 3.63) is 21.9 Å². The van der Waals surface area contributed by atoms with Gasteiger partial charge in [-0.1, -0.05) is 0 Å². The summed E-state index contributed by atoms with van der Waals surface area (Å²) in [5.74, 6) is -0.303. The molecular weight excluding hydrogens is 262 g/mol. The Morgan fingerprint density at radius 2 is 2.32 bits per heavy atom. The zero-order valence-corrected chi connectivity index (χ0v) is 12.2. The minimum absolute atomic E-state index is 0.0431. The van der Waals surface area contributed by atoms with E-state index in [2.05, 4.69) is 0 Å².